The summed E-state index contributed by atoms with van der Waals surface area (Å²) in [4.78, 5) is 0. The Balaban J connectivity index is 1.90. The SMILES string of the molecule is O=S(=O)(Cc1ccccc1Cl)NCCn1cccn1. The number of hydrogen-bond donors (Lipinski definition) is 1. The molecule has 0 atom stereocenters. The van der Waals surface area contributed by atoms with Gasteiger partial charge in [0, 0.05) is 24.0 Å². The second-order valence-electron chi connectivity index (χ2n) is 4.01. The van der Waals surface area contributed by atoms with Crippen molar-refractivity contribution in [1.82, 2.24) is 14.5 Å². The van der Waals surface area contributed by atoms with Crippen LogP contribution in [0.4, 0.5) is 0 Å². The van der Waals surface area contributed by atoms with Crippen LogP contribution in [0.2, 0.25) is 5.02 Å². The number of sulfonamides is 1. The van der Waals surface area contributed by atoms with E-state index in [-0.39, 0.29) is 5.75 Å². The zero-order valence-corrected chi connectivity index (χ0v) is 11.7. The number of nitrogens with one attached hydrogen (secondary N) is 1. The average molecular weight is 300 g/mol. The fourth-order valence-electron chi connectivity index (χ4n) is 1.62. The van der Waals surface area contributed by atoms with E-state index < -0.39 is 10.0 Å². The van der Waals surface area contributed by atoms with Gasteiger partial charge in [-0.15, -0.1) is 0 Å². The molecule has 0 saturated carbocycles. The third-order valence-electron chi connectivity index (χ3n) is 2.53. The van der Waals surface area contributed by atoms with Crippen molar-refractivity contribution in [1.29, 1.82) is 0 Å². The molecule has 1 aromatic carbocycles. The summed E-state index contributed by atoms with van der Waals surface area (Å²) in [5, 5.41) is 4.45. The van der Waals surface area contributed by atoms with Crippen molar-refractivity contribution in [3.63, 3.8) is 0 Å². The highest BCUT2D eigenvalue weighted by atomic mass is 35.5. The number of nitrogens with zero attached hydrogens (tertiary/aromatic N) is 2. The Morgan fingerprint density at radius 3 is 2.74 bits per heavy atom. The quantitative estimate of drug-likeness (QED) is 0.882. The molecule has 1 heterocycles. The molecule has 19 heavy (non-hydrogen) atoms. The number of hydrogen-bond acceptors (Lipinski definition) is 3. The number of aromatic nitrogens is 2. The molecule has 0 fully saturated rings. The molecule has 0 bridgehead atoms. The van der Waals surface area contributed by atoms with Gasteiger partial charge in [0.1, 0.15) is 0 Å². The van der Waals surface area contributed by atoms with Crippen LogP contribution in [0, 0.1) is 0 Å². The summed E-state index contributed by atoms with van der Waals surface area (Å²) in [6, 6.07) is 8.70. The molecule has 2 rings (SSSR count). The van der Waals surface area contributed by atoms with Crippen molar-refractivity contribution in [2.24, 2.45) is 0 Å². The van der Waals surface area contributed by atoms with Gasteiger partial charge in [-0.3, -0.25) is 4.68 Å². The maximum absolute atomic E-state index is 11.9. The predicted octanol–water partition coefficient (Wildman–Crippen LogP) is 1.66. The maximum atomic E-state index is 11.9. The van der Waals surface area contributed by atoms with Gasteiger partial charge in [-0.25, -0.2) is 13.1 Å². The van der Waals surface area contributed by atoms with Crippen molar-refractivity contribution in [3.8, 4) is 0 Å². The molecule has 102 valence electrons. The summed E-state index contributed by atoms with van der Waals surface area (Å²) in [6.07, 6.45) is 3.43. The van der Waals surface area contributed by atoms with Gasteiger partial charge in [0.15, 0.2) is 0 Å². The van der Waals surface area contributed by atoms with Gasteiger partial charge in [0.2, 0.25) is 10.0 Å². The van der Waals surface area contributed by atoms with Gasteiger partial charge in [-0.05, 0) is 17.7 Å². The first-order chi connectivity index (χ1) is 9.07. The molecule has 0 amide bonds. The van der Waals surface area contributed by atoms with Gasteiger partial charge < -0.3 is 0 Å². The van der Waals surface area contributed by atoms with Crippen LogP contribution in [-0.4, -0.2) is 24.7 Å². The highest BCUT2D eigenvalue weighted by Gasteiger charge is 2.12. The van der Waals surface area contributed by atoms with Gasteiger partial charge in [0.05, 0.1) is 12.3 Å². The van der Waals surface area contributed by atoms with Crippen molar-refractivity contribution < 1.29 is 8.42 Å². The molecule has 1 N–H and O–H groups in total. The Hall–Kier alpha value is -1.37. The molecule has 0 aliphatic rings. The molecule has 0 aliphatic heterocycles. The lowest BCUT2D eigenvalue weighted by atomic mass is 10.2. The van der Waals surface area contributed by atoms with Crippen LogP contribution in [0.5, 0.6) is 0 Å². The van der Waals surface area contributed by atoms with Gasteiger partial charge >= 0.3 is 0 Å². The molecule has 0 radical (unpaired) electrons. The second-order valence-corrected chi connectivity index (χ2v) is 6.23. The Bertz CT molecular complexity index is 626. The van der Waals surface area contributed by atoms with Crippen molar-refractivity contribution in [2.45, 2.75) is 12.3 Å². The molecule has 2 aromatic rings. The average Bonchev–Trinajstić information content (AvgIpc) is 2.85. The van der Waals surface area contributed by atoms with Crippen LogP contribution < -0.4 is 4.72 Å². The summed E-state index contributed by atoms with van der Waals surface area (Å²) in [6.45, 7) is 0.795. The summed E-state index contributed by atoms with van der Waals surface area (Å²) < 4.78 is 28.0. The normalized spacial score (nSPS) is 11.6. The van der Waals surface area contributed by atoms with Crippen molar-refractivity contribution in [3.05, 3.63) is 53.3 Å². The summed E-state index contributed by atoms with van der Waals surface area (Å²) in [5.41, 5.74) is 0.593. The Morgan fingerprint density at radius 1 is 1.26 bits per heavy atom. The second kappa shape index (κ2) is 6.18. The number of halogens is 1. The highest BCUT2D eigenvalue weighted by molar-refractivity contribution is 7.88. The van der Waals surface area contributed by atoms with E-state index in [2.05, 4.69) is 9.82 Å². The topological polar surface area (TPSA) is 64.0 Å². The van der Waals surface area contributed by atoms with Gasteiger partial charge in [0.25, 0.3) is 0 Å². The van der Waals surface area contributed by atoms with Crippen molar-refractivity contribution in [2.75, 3.05) is 6.54 Å². The first kappa shape index (κ1) is 14.0. The lowest BCUT2D eigenvalue weighted by molar-refractivity contribution is 0.560. The third-order valence-corrected chi connectivity index (χ3v) is 4.23. The van der Waals surface area contributed by atoms with Gasteiger partial charge in [-0.2, -0.15) is 5.10 Å². The van der Waals surface area contributed by atoms with Crippen LogP contribution in [0.15, 0.2) is 42.7 Å². The Labute approximate surface area is 117 Å². The predicted molar refractivity (Wildman–Crippen MR) is 74.3 cm³/mol. The summed E-state index contributed by atoms with van der Waals surface area (Å²) in [5.74, 6) is -0.119. The molecule has 0 unspecified atom stereocenters. The van der Waals surface area contributed by atoms with E-state index in [0.29, 0.717) is 23.7 Å². The Kier molecular flexibility index (Phi) is 4.57. The first-order valence-electron chi connectivity index (χ1n) is 5.75. The molecule has 7 heteroatoms. The standard InChI is InChI=1S/C12H14ClN3O2S/c13-12-5-2-1-4-11(12)10-19(17,18)15-7-9-16-8-3-6-14-16/h1-6,8,15H,7,9-10H2. The van der Waals surface area contributed by atoms with E-state index in [1.54, 1.807) is 47.4 Å². The minimum Gasteiger partial charge on any atom is -0.271 e. The lowest BCUT2D eigenvalue weighted by Gasteiger charge is -2.08. The first-order valence-corrected chi connectivity index (χ1v) is 7.78. The van der Waals surface area contributed by atoms with Crippen molar-refractivity contribution >= 4 is 21.6 Å². The van der Waals surface area contributed by atoms with E-state index in [1.165, 1.54) is 0 Å². The van der Waals surface area contributed by atoms with E-state index in [4.69, 9.17) is 11.6 Å². The van der Waals surface area contributed by atoms with E-state index in [9.17, 15) is 8.42 Å². The number of benzene rings is 1. The smallest absolute Gasteiger partial charge is 0.215 e. The zero-order valence-electron chi connectivity index (χ0n) is 10.2. The van der Waals surface area contributed by atoms with Crippen LogP contribution in [0.3, 0.4) is 0 Å². The fourth-order valence-corrected chi connectivity index (χ4v) is 3.07. The van der Waals surface area contributed by atoms with Crippen LogP contribution >= 0.6 is 11.6 Å². The van der Waals surface area contributed by atoms with Crippen LogP contribution in [0.1, 0.15) is 5.56 Å². The third kappa shape index (κ3) is 4.34. The van der Waals surface area contributed by atoms with E-state index in [0.717, 1.165) is 0 Å². The van der Waals surface area contributed by atoms with Crippen LogP contribution in [0.25, 0.3) is 0 Å². The molecule has 0 aliphatic carbocycles. The fraction of sp³-hybridized carbons (Fsp3) is 0.250. The zero-order chi connectivity index (χ0) is 13.7. The molecular weight excluding hydrogens is 286 g/mol. The lowest BCUT2D eigenvalue weighted by Crippen LogP contribution is -2.28. The highest BCUT2D eigenvalue weighted by Crippen LogP contribution is 2.16. The minimum absolute atomic E-state index is 0.119. The monoisotopic (exact) mass is 299 g/mol. The van der Waals surface area contributed by atoms with E-state index >= 15 is 0 Å². The van der Waals surface area contributed by atoms with Crippen LogP contribution in [-0.2, 0) is 22.3 Å². The molecule has 0 spiro atoms. The molecule has 5 nitrogen and oxygen atoms in total. The Morgan fingerprint density at radius 2 is 2.05 bits per heavy atom. The molecule has 1 aromatic heterocycles. The summed E-state index contributed by atoms with van der Waals surface area (Å²) in [7, 11) is -3.39. The largest absolute Gasteiger partial charge is 0.271 e. The van der Waals surface area contributed by atoms with E-state index in [1.807, 2.05) is 0 Å². The molecular formula is C12H14ClN3O2S. The summed E-state index contributed by atoms with van der Waals surface area (Å²) >= 11 is 5.94. The van der Waals surface area contributed by atoms with Gasteiger partial charge in [-0.1, -0.05) is 29.8 Å². The minimum atomic E-state index is -3.39. The number of rotatable bonds is 6. The molecule has 0 saturated heterocycles. The maximum Gasteiger partial charge on any atom is 0.215 e.